The molecule has 1 saturated heterocycles. The Morgan fingerprint density at radius 1 is 1.36 bits per heavy atom. The predicted molar refractivity (Wildman–Crippen MR) is 90.7 cm³/mol. The van der Waals surface area contributed by atoms with Crippen molar-refractivity contribution in [2.45, 2.75) is 90.4 Å². The van der Waals surface area contributed by atoms with Gasteiger partial charge in [0.05, 0.1) is 0 Å². The van der Waals surface area contributed by atoms with E-state index < -0.39 is 5.60 Å². The van der Waals surface area contributed by atoms with Gasteiger partial charge in [0.1, 0.15) is 5.60 Å². The van der Waals surface area contributed by atoms with Gasteiger partial charge in [-0.2, -0.15) is 0 Å². The molecule has 126 valence electrons. The van der Waals surface area contributed by atoms with E-state index in [1.54, 1.807) is 0 Å². The summed E-state index contributed by atoms with van der Waals surface area (Å²) >= 11 is 0. The highest BCUT2D eigenvalue weighted by Gasteiger charge is 2.31. The number of likely N-dealkylation sites (tertiary alicyclic amines) is 1. The second-order valence-corrected chi connectivity index (χ2v) is 7.44. The maximum atomic E-state index is 12.4. The monoisotopic (exact) mass is 308 g/mol. The lowest BCUT2D eigenvalue weighted by atomic mass is 9.96. The quantitative estimate of drug-likeness (QED) is 0.790. The number of ether oxygens (including phenoxy) is 1. The van der Waals surface area contributed by atoms with E-state index in [9.17, 15) is 4.79 Å². The fourth-order valence-corrected chi connectivity index (χ4v) is 3.00. The lowest BCUT2D eigenvalue weighted by Crippen LogP contribution is -2.49. The summed E-state index contributed by atoms with van der Waals surface area (Å²) in [6.07, 6.45) is 10.1. The van der Waals surface area contributed by atoms with Gasteiger partial charge < -0.3 is 15.0 Å². The summed E-state index contributed by atoms with van der Waals surface area (Å²) in [5, 5.41) is 3.51. The second-order valence-electron chi connectivity index (χ2n) is 7.44. The zero-order chi connectivity index (χ0) is 16.8. The van der Waals surface area contributed by atoms with E-state index in [1.807, 2.05) is 25.7 Å². The summed E-state index contributed by atoms with van der Waals surface area (Å²) in [4.78, 5) is 14.3. The average Bonchev–Trinajstić information content (AvgIpc) is 2.37. The zero-order valence-corrected chi connectivity index (χ0v) is 14.8. The number of rotatable bonds is 5. The van der Waals surface area contributed by atoms with Crippen LogP contribution in [0.5, 0.6) is 0 Å². The number of amides is 1. The van der Waals surface area contributed by atoms with Crippen LogP contribution in [-0.4, -0.2) is 41.3 Å². The number of hydrogen-bond acceptors (Lipinski definition) is 3. The number of piperidine rings is 1. The molecule has 1 fully saturated rings. The molecule has 0 aromatic carbocycles. The molecule has 0 aromatic heterocycles. The summed E-state index contributed by atoms with van der Waals surface area (Å²) in [5.41, 5.74) is -0.440. The minimum Gasteiger partial charge on any atom is -0.444 e. The van der Waals surface area contributed by atoms with Crippen LogP contribution in [0.3, 0.4) is 0 Å². The molecule has 1 amide bonds. The third-order valence-corrected chi connectivity index (χ3v) is 3.87. The Kier molecular flexibility index (Phi) is 7.22. The van der Waals surface area contributed by atoms with E-state index in [2.05, 4.69) is 25.1 Å². The standard InChI is InChI=1S/C18H32N2O2/c1-7-10-14(2)19-15(3)13-16-11-8-9-12-20(16)17(21)22-18(4,5)6/h1,14-16,19H,8-13H2,2-6H3. The molecule has 1 N–H and O–H groups in total. The number of hydrogen-bond donors (Lipinski definition) is 1. The van der Waals surface area contributed by atoms with E-state index in [0.717, 1.165) is 32.2 Å². The van der Waals surface area contributed by atoms with Crippen molar-refractivity contribution < 1.29 is 9.53 Å². The summed E-state index contributed by atoms with van der Waals surface area (Å²) in [6.45, 7) is 10.8. The van der Waals surface area contributed by atoms with Crippen LogP contribution in [0.2, 0.25) is 0 Å². The highest BCUT2D eigenvalue weighted by Crippen LogP contribution is 2.23. The molecule has 1 heterocycles. The SMILES string of the molecule is C#CCC(C)NC(C)CC1CCCCN1C(=O)OC(C)(C)C. The average molecular weight is 308 g/mol. The summed E-state index contributed by atoms with van der Waals surface area (Å²) < 4.78 is 5.55. The Bertz CT molecular complexity index is 395. The van der Waals surface area contributed by atoms with Gasteiger partial charge in [-0.1, -0.05) is 0 Å². The van der Waals surface area contributed by atoms with E-state index in [0.29, 0.717) is 12.1 Å². The Morgan fingerprint density at radius 3 is 2.64 bits per heavy atom. The van der Waals surface area contributed by atoms with Crippen LogP contribution in [0.25, 0.3) is 0 Å². The Hall–Kier alpha value is -1.21. The minimum atomic E-state index is -0.440. The van der Waals surface area contributed by atoms with Crippen molar-refractivity contribution in [3.63, 3.8) is 0 Å². The zero-order valence-electron chi connectivity index (χ0n) is 14.8. The maximum Gasteiger partial charge on any atom is 0.410 e. The van der Waals surface area contributed by atoms with Crippen molar-refractivity contribution in [1.29, 1.82) is 0 Å². The smallest absolute Gasteiger partial charge is 0.410 e. The molecule has 0 aliphatic carbocycles. The van der Waals surface area contributed by atoms with Crippen LogP contribution in [0.15, 0.2) is 0 Å². The lowest BCUT2D eigenvalue weighted by Gasteiger charge is -2.38. The van der Waals surface area contributed by atoms with Gasteiger partial charge in [-0.15, -0.1) is 12.3 Å². The van der Waals surface area contributed by atoms with Gasteiger partial charge in [-0.3, -0.25) is 0 Å². The Labute approximate surface area is 136 Å². The summed E-state index contributed by atoms with van der Waals surface area (Å²) in [7, 11) is 0. The molecule has 3 unspecified atom stereocenters. The molecule has 1 rings (SSSR count). The van der Waals surface area contributed by atoms with Gasteiger partial charge in [0.25, 0.3) is 0 Å². The van der Waals surface area contributed by atoms with Crippen LogP contribution < -0.4 is 5.32 Å². The minimum absolute atomic E-state index is 0.180. The molecule has 1 aliphatic heterocycles. The molecule has 4 nitrogen and oxygen atoms in total. The molecule has 0 radical (unpaired) electrons. The van der Waals surface area contributed by atoms with Crippen molar-refractivity contribution in [1.82, 2.24) is 10.2 Å². The first-order valence-corrected chi connectivity index (χ1v) is 8.42. The van der Waals surface area contributed by atoms with Crippen molar-refractivity contribution in [2.24, 2.45) is 0 Å². The molecule has 4 heteroatoms. The Morgan fingerprint density at radius 2 is 2.05 bits per heavy atom. The molecule has 0 aromatic rings. The maximum absolute atomic E-state index is 12.4. The third kappa shape index (κ3) is 6.70. The molecule has 0 spiro atoms. The van der Waals surface area contributed by atoms with Crippen LogP contribution in [0.1, 0.15) is 66.7 Å². The molecule has 3 atom stereocenters. The molecule has 22 heavy (non-hydrogen) atoms. The highest BCUT2D eigenvalue weighted by molar-refractivity contribution is 5.68. The molecule has 0 saturated carbocycles. The topological polar surface area (TPSA) is 41.6 Å². The summed E-state index contributed by atoms with van der Waals surface area (Å²) in [5.74, 6) is 2.68. The fraction of sp³-hybridized carbons (Fsp3) is 0.833. The molecular weight excluding hydrogens is 276 g/mol. The first kappa shape index (κ1) is 18.8. The van der Waals surface area contributed by atoms with Gasteiger partial charge in [0.15, 0.2) is 0 Å². The van der Waals surface area contributed by atoms with Crippen molar-refractivity contribution in [2.75, 3.05) is 6.54 Å². The lowest BCUT2D eigenvalue weighted by molar-refractivity contribution is 0.00782. The highest BCUT2D eigenvalue weighted by atomic mass is 16.6. The number of terminal acetylenes is 1. The fourth-order valence-electron chi connectivity index (χ4n) is 3.00. The van der Waals surface area contributed by atoms with E-state index >= 15 is 0 Å². The normalized spacial score (nSPS) is 21.8. The van der Waals surface area contributed by atoms with Gasteiger partial charge >= 0.3 is 6.09 Å². The van der Waals surface area contributed by atoms with Crippen LogP contribution in [0, 0.1) is 12.3 Å². The number of carbonyl (C=O) groups is 1. The molecule has 0 bridgehead atoms. The number of nitrogens with one attached hydrogen (secondary N) is 1. The van der Waals surface area contributed by atoms with Gasteiger partial charge in [0.2, 0.25) is 0 Å². The van der Waals surface area contributed by atoms with Crippen LogP contribution >= 0.6 is 0 Å². The van der Waals surface area contributed by atoms with Crippen molar-refractivity contribution in [3.05, 3.63) is 0 Å². The Balaban J connectivity index is 2.58. The van der Waals surface area contributed by atoms with E-state index in [-0.39, 0.29) is 12.1 Å². The predicted octanol–water partition coefficient (Wildman–Crippen LogP) is 3.56. The van der Waals surface area contributed by atoms with Gasteiger partial charge in [0, 0.05) is 31.1 Å². The van der Waals surface area contributed by atoms with Gasteiger partial charge in [-0.25, -0.2) is 4.79 Å². The first-order chi connectivity index (χ1) is 10.2. The van der Waals surface area contributed by atoms with Crippen molar-refractivity contribution >= 4 is 6.09 Å². The van der Waals surface area contributed by atoms with Crippen LogP contribution in [0.4, 0.5) is 4.79 Å². The largest absolute Gasteiger partial charge is 0.444 e. The van der Waals surface area contributed by atoms with E-state index in [1.165, 1.54) is 6.42 Å². The number of nitrogens with zero attached hydrogens (tertiary/aromatic N) is 1. The van der Waals surface area contributed by atoms with E-state index in [4.69, 9.17) is 11.2 Å². The van der Waals surface area contributed by atoms with Gasteiger partial charge in [-0.05, 0) is 60.3 Å². The third-order valence-electron chi connectivity index (χ3n) is 3.87. The van der Waals surface area contributed by atoms with Crippen molar-refractivity contribution in [3.8, 4) is 12.3 Å². The molecule has 1 aliphatic rings. The first-order valence-electron chi connectivity index (χ1n) is 8.42. The second kappa shape index (κ2) is 8.43. The number of carbonyl (C=O) groups excluding carboxylic acids is 1. The molecular formula is C18H32N2O2. The van der Waals surface area contributed by atoms with Crippen LogP contribution in [-0.2, 0) is 4.74 Å². The summed E-state index contributed by atoms with van der Waals surface area (Å²) in [6, 6.07) is 0.888.